The van der Waals surface area contributed by atoms with Gasteiger partial charge in [-0.05, 0) is 30.4 Å². The average Bonchev–Trinajstić information content (AvgIpc) is 3.33. The van der Waals surface area contributed by atoms with E-state index in [4.69, 9.17) is 11.6 Å². The molecular weight excluding hydrogens is 373 g/mol. The van der Waals surface area contributed by atoms with Gasteiger partial charge in [0.2, 0.25) is 5.91 Å². The molecule has 1 fully saturated rings. The lowest BCUT2D eigenvalue weighted by Crippen LogP contribution is -2.36. The summed E-state index contributed by atoms with van der Waals surface area (Å²) in [7, 11) is 0. The molecule has 1 aromatic heterocycles. The highest BCUT2D eigenvalue weighted by Gasteiger charge is 2.51. The van der Waals surface area contributed by atoms with E-state index in [-0.39, 0.29) is 24.3 Å². The number of anilines is 1. The average molecular weight is 390 g/mol. The van der Waals surface area contributed by atoms with Crippen LogP contribution in [-0.4, -0.2) is 26.8 Å². The number of hydrogen-bond donors (Lipinski definition) is 2. The Bertz CT molecular complexity index is 922. The zero-order chi connectivity index (χ0) is 19.1. The van der Waals surface area contributed by atoms with Gasteiger partial charge in [-0.2, -0.15) is 5.10 Å². The van der Waals surface area contributed by atoms with E-state index in [1.165, 1.54) is 16.8 Å². The van der Waals surface area contributed by atoms with Crippen LogP contribution in [-0.2, 0) is 16.1 Å². The van der Waals surface area contributed by atoms with Crippen molar-refractivity contribution in [3.63, 3.8) is 0 Å². The van der Waals surface area contributed by atoms with E-state index in [0.717, 1.165) is 0 Å². The van der Waals surface area contributed by atoms with Gasteiger partial charge in [0.15, 0.2) is 5.82 Å². The van der Waals surface area contributed by atoms with Crippen LogP contribution >= 0.6 is 11.6 Å². The molecule has 0 radical (unpaired) electrons. The van der Waals surface area contributed by atoms with Gasteiger partial charge in [-0.15, -0.1) is 0 Å². The molecule has 6 nitrogen and oxygen atoms in total. The Morgan fingerprint density at radius 2 is 2.00 bits per heavy atom. The number of halogens is 2. The Kier molecular flexibility index (Phi) is 4.47. The molecule has 0 spiro atoms. The van der Waals surface area contributed by atoms with Crippen molar-refractivity contribution in [3.05, 3.63) is 59.0 Å². The molecule has 1 heterocycles. The Hall–Kier alpha value is -2.67. The van der Waals surface area contributed by atoms with Crippen molar-refractivity contribution in [2.45, 2.75) is 13.0 Å². The Morgan fingerprint density at radius 1 is 1.26 bits per heavy atom. The summed E-state index contributed by atoms with van der Waals surface area (Å²) in [6, 6.07) is 6.03. The van der Waals surface area contributed by atoms with E-state index in [0.29, 0.717) is 22.8 Å². The topological polar surface area (TPSA) is 84.2 Å². The number of aliphatic carboxylic acids is 1. The third-order valence-corrected chi connectivity index (χ3v) is 5.68. The zero-order valence-electron chi connectivity index (χ0n) is 14.2. The molecule has 1 aromatic carbocycles. The van der Waals surface area contributed by atoms with Crippen molar-refractivity contribution < 1.29 is 19.1 Å². The molecule has 1 amide bonds. The van der Waals surface area contributed by atoms with Crippen molar-refractivity contribution in [2.75, 3.05) is 5.32 Å². The van der Waals surface area contributed by atoms with Crippen LogP contribution in [0.25, 0.3) is 0 Å². The van der Waals surface area contributed by atoms with E-state index in [1.807, 2.05) is 12.2 Å². The van der Waals surface area contributed by atoms with Gasteiger partial charge in [0, 0.05) is 22.8 Å². The highest BCUT2D eigenvalue weighted by Crippen LogP contribution is 2.48. The maximum absolute atomic E-state index is 13.9. The zero-order valence-corrected chi connectivity index (χ0v) is 14.9. The summed E-state index contributed by atoms with van der Waals surface area (Å²) in [5, 5.41) is 16.7. The van der Waals surface area contributed by atoms with Crippen LogP contribution in [0.4, 0.5) is 10.2 Å². The third-order valence-electron chi connectivity index (χ3n) is 5.32. The molecule has 0 unspecified atom stereocenters. The molecule has 140 valence electrons. The number of carbonyl (C=O) groups is 2. The minimum Gasteiger partial charge on any atom is -0.481 e. The van der Waals surface area contributed by atoms with Gasteiger partial charge in [-0.25, -0.2) is 4.39 Å². The van der Waals surface area contributed by atoms with Gasteiger partial charge < -0.3 is 10.4 Å². The van der Waals surface area contributed by atoms with Crippen molar-refractivity contribution in [3.8, 4) is 0 Å². The third kappa shape index (κ3) is 3.23. The summed E-state index contributed by atoms with van der Waals surface area (Å²) >= 11 is 6.03. The van der Waals surface area contributed by atoms with Crippen LogP contribution in [0.2, 0.25) is 5.02 Å². The summed E-state index contributed by atoms with van der Waals surface area (Å²) in [4.78, 5) is 24.2. The SMILES string of the molecule is O=C(Nc1ccn(Cc2c(F)cccc2Cl)n1)[C@@H]1[C@@H](C(=O)O)[C@H]2C=C[C@@H]1C2. The Balaban J connectivity index is 1.47. The lowest BCUT2D eigenvalue weighted by molar-refractivity contribution is -0.146. The predicted molar refractivity (Wildman–Crippen MR) is 96.7 cm³/mol. The highest BCUT2D eigenvalue weighted by atomic mass is 35.5. The summed E-state index contributed by atoms with van der Waals surface area (Å²) in [6.07, 6.45) is 6.11. The second-order valence-corrected chi connectivity index (χ2v) is 7.33. The van der Waals surface area contributed by atoms with Crippen molar-refractivity contribution in [1.29, 1.82) is 0 Å². The number of allylic oxidation sites excluding steroid dienone is 2. The fourth-order valence-electron chi connectivity index (χ4n) is 4.09. The number of carbonyl (C=O) groups excluding carboxylic acids is 1. The number of carboxylic acid groups (broad SMARTS) is 1. The van der Waals surface area contributed by atoms with Crippen LogP contribution in [0.1, 0.15) is 12.0 Å². The first-order valence-corrected chi connectivity index (χ1v) is 9.00. The van der Waals surface area contributed by atoms with Gasteiger partial charge in [0.1, 0.15) is 5.82 Å². The van der Waals surface area contributed by atoms with Crippen LogP contribution in [0.5, 0.6) is 0 Å². The van der Waals surface area contributed by atoms with E-state index >= 15 is 0 Å². The molecule has 2 aromatic rings. The normalized spacial score (nSPS) is 25.7. The van der Waals surface area contributed by atoms with E-state index < -0.39 is 23.6 Å². The first-order valence-electron chi connectivity index (χ1n) is 8.62. The summed E-state index contributed by atoms with van der Waals surface area (Å²) in [5.74, 6) is -2.91. The summed E-state index contributed by atoms with van der Waals surface area (Å²) < 4.78 is 15.4. The quantitative estimate of drug-likeness (QED) is 0.769. The largest absolute Gasteiger partial charge is 0.481 e. The molecule has 2 aliphatic rings. The van der Waals surface area contributed by atoms with Crippen molar-refractivity contribution in [2.24, 2.45) is 23.7 Å². The van der Waals surface area contributed by atoms with E-state index in [1.54, 1.807) is 18.3 Å². The maximum atomic E-state index is 13.9. The molecule has 27 heavy (non-hydrogen) atoms. The van der Waals surface area contributed by atoms with Crippen LogP contribution < -0.4 is 5.32 Å². The van der Waals surface area contributed by atoms with Crippen LogP contribution in [0, 0.1) is 29.5 Å². The Morgan fingerprint density at radius 3 is 2.70 bits per heavy atom. The van der Waals surface area contributed by atoms with Gasteiger partial charge in [0.25, 0.3) is 0 Å². The van der Waals surface area contributed by atoms with Gasteiger partial charge >= 0.3 is 5.97 Å². The number of carboxylic acids is 1. The first-order chi connectivity index (χ1) is 12.9. The Labute approximate surface area is 159 Å². The highest BCUT2D eigenvalue weighted by molar-refractivity contribution is 6.31. The van der Waals surface area contributed by atoms with E-state index in [2.05, 4.69) is 10.4 Å². The molecular formula is C19H17ClFN3O3. The molecule has 4 rings (SSSR count). The van der Waals surface area contributed by atoms with Crippen LogP contribution in [0.3, 0.4) is 0 Å². The lowest BCUT2D eigenvalue weighted by Gasteiger charge is -2.23. The molecule has 2 aliphatic carbocycles. The number of nitrogens with one attached hydrogen (secondary N) is 1. The number of aromatic nitrogens is 2. The monoisotopic (exact) mass is 389 g/mol. The van der Waals surface area contributed by atoms with Gasteiger partial charge in [0.05, 0.1) is 18.4 Å². The van der Waals surface area contributed by atoms with Crippen molar-refractivity contribution in [1.82, 2.24) is 9.78 Å². The summed E-state index contributed by atoms with van der Waals surface area (Å²) in [5.41, 5.74) is 0.310. The number of rotatable bonds is 5. The first kappa shape index (κ1) is 17.7. The number of amides is 1. The minimum atomic E-state index is -0.952. The molecule has 0 saturated heterocycles. The molecule has 2 bridgehead atoms. The van der Waals surface area contributed by atoms with Gasteiger partial charge in [-0.3, -0.25) is 14.3 Å². The standard InChI is InChI=1S/C19H17ClFN3O3/c20-13-2-1-3-14(21)12(13)9-24-7-6-15(23-24)22-18(25)16-10-4-5-11(8-10)17(16)19(26)27/h1-7,10-11,16-17H,8-9H2,(H,26,27)(H,22,23,25)/t10-,11+,16+,17+/m1/s1. The van der Waals surface area contributed by atoms with Gasteiger partial charge in [-0.1, -0.05) is 29.8 Å². The number of nitrogens with zero attached hydrogens (tertiary/aromatic N) is 2. The molecule has 2 N–H and O–H groups in total. The number of fused-ring (bicyclic) bond motifs is 2. The van der Waals surface area contributed by atoms with Crippen molar-refractivity contribution >= 4 is 29.3 Å². The minimum absolute atomic E-state index is 0.0598. The second-order valence-electron chi connectivity index (χ2n) is 6.93. The number of hydrogen-bond acceptors (Lipinski definition) is 3. The summed E-state index contributed by atoms with van der Waals surface area (Å²) in [6.45, 7) is 0.121. The fourth-order valence-corrected chi connectivity index (χ4v) is 4.31. The second kappa shape index (κ2) is 6.81. The molecule has 0 aliphatic heterocycles. The maximum Gasteiger partial charge on any atom is 0.307 e. The predicted octanol–water partition coefficient (Wildman–Crippen LogP) is 3.19. The molecule has 4 atom stereocenters. The fraction of sp³-hybridized carbons (Fsp3) is 0.316. The lowest BCUT2D eigenvalue weighted by atomic mass is 9.82. The molecule has 1 saturated carbocycles. The van der Waals surface area contributed by atoms with E-state index in [9.17, 15) is 19.1 Å². The number of benzene rings is 1. The van der Waals surface area contributed by atoms with Crippen LogP contribution in [0.15, 0.2) is 42.6 Å². The molecule has 8 heteroatoms. The smallest absolute Gasteiger partial charge is 0.307 e.